The van der Waals surface area contributed by atoms with Gasteiger partial charge in [-0.2, -0.15) is 4.99 Å². The van der Waals surface area contributed by atoms with Crippen molar-refractivity contribution in [2.24, 2.45) is 4.99 Å². The number of hydrogen-bond acceptors (Lipinski definition) is 6. The number of nitrogens with one attached hydrogen (secondary N) is 1. The second kappa shape index (κ2) is 6.26. The number of nitrogens with zero attached hydrogens (tertiary/aromatic N) is 3. The van der Waals surface area contributed by atoms with E-state index in [1.54, 1.807) is 30.5 Å². The second-order valence-corrected chi connectivity index (χ2v) is 6.65. The van der Waals surface area contributed by atoms with E-state index in [0.717, 1.165) is 21.9 Å². The maximum atomic E-state index is 12.1. The Morgan fingerprint density at radius 3 is 2.96 bits per heavy atom. The third-order valence-electron chi connectivity index (χ3n) is 4.17. The van der Waals surface area contributed by atoms with Gasteiger partial charge in [0.15, 0.2) is 11.9 Å². The lowest BCUT2D eigenvalue weighted by Crippen LogP contribution is -2.44. The SMILES string of the molecule is CCOC(=O)C1=C[N+]2(C#N)C(=N1)C=Cc1cccc(Nc3cccs3)c12. The molecule has 0 amide bonds. The number of para-hydroxylation sites is 1. The largest absolute Gasteiger partial charge is 0.461 e. The number of thiophene rings is 1. The van der Waals surface area contributed by atoms with Crippen LogP contribution < -0.4 is 9.80 Å². The summed E-state index contributed by atoms with van der Waals surface area (Å²) in [5, 5.41) is 16.4. The van der Waals surface area contributed by atoms with E-state index in [4.69, 9.17) is 4.74 Å². The maximum absolute atomic E-state index is 12.1. The molecule has 7 heteroatoms. The molecule has 1 atom stereocenters. The topological polar surface area (TPSA) is 74.5 Å². The van der Waals surface area contributed by atoms with Crippen molar-refractivity contribution in [1.29, 1.82) is 5.26 Å². The smallest absolute Gasteiger partial charge is 0.362 e. The summed E-state index contributed by atoms with van der Waals surface area (Å²) < 4.78 is 4.77. The highest BCUT2D eigenvalue weighted by atomic mass is 32.1. The number of aliphatic imine (C=N–C) groups is 1. The van der Waals surface area contributed by atoms with Crippen LogP contribution in [0.5, 0.6) is 0 Å². The Bertz CT molecular complexity index is 1010. The average molecular weight is 363 g/mol. The van der Waals surface area contributed by atoms with E-state index >= 15 is 0 Å². The highest BCUT2D eigenvalue weighted by molar-refractivity contribution is 7.14. The molecule has 3 heterocycles. The molecule has 1 unspecified atom stereocenters. The Kier molecular flexibility index (Phi) is 3.92. The summed E-state index contributed by atoms with van der Waals surface area (Å²) >= 11 is 1.57. The summed E-state index contributed by atoms with van der Waals surface area (Å²) in [6.07, 6.45) is 7.54. The van der Waals surface area contributed by atoms with Gasteiger partial charge in [-0.3, -0.25) is 0 Å². The molecule has 128 valence electrons. The van der Waals surface area contributed by atoms with E-state index < -0.39 is 5.97 Å². The van der Waals surface area contributed by atoms with Crippen LogP contribution in [-0.2, 0) is 9.53 Å². The summed E-state index contributed by atoms with van der Waals surface area (Å²) in [5.74, 6) is -0.0516. The van der Waals surface area contributed by atoms with Crippen LogP contribution in [0.25, 0.3) is 6.08 Å². The number of esters is 1. The second-order valence-electron chi connectivity index (χ2n) is 5.71. The van der Waals surface area contributed by atoms with Gasteiger partial charge in [-0.25, -0.2) is 4.79 Å². The predicted octanol–water partition coefficient (Wildman–Crippen LogP) is 4.12. The monoisotopic (exact) mass is 363 g/mol. The predicted molar refractivity (Wildman–Crippen MR) is 103 cm³/mol. The number of fused-ring (bicyclic) bond motifs is 3. The third kappa shape index (κ3) is 2.44. The van der Waals surface area contributed by atoms with Gasteiger partial charge in [0.1, 0.15) is 5.69 Å². The van der Waals surface area contributed by atoms with Crippen molar-refractivity contribution in [3.05, 3.63) is 59.2 Å². The van der Waals surface area contributed by atoms with E-state index in [9.17, 15) is 10.1 Å². The standard InChI is InChI=1S/C19H15N4O2S/c1-2-25-19(24)15-11-23(12-20)16(21-15)9-8-13-5-3-6-14(18(13)23)22-17-7-4-10-26-17/h3-11,22H,2H2,1H3/q+1. The number of quaternary nitrogens is 1. The van der Waals surface area contributed by atoms with Crippen LogP contribution in [0.2, 0.25) is 0 Å². The van der Waals surface area contributed by atoms with Gasteiger partial charge >= 0.3 is 12.2 Å². The molecule has 0 bridgehead atoms. The Labute approximate surface area is 154 Å². The Hall–Kier alpha value is -3.21. The fourth-order valence-electron chi connectivity index (χ4n) is 3.09. The van der Waals surface area contributed by atoms with Crippen LogP contribution in [0.4, 0.5) is 16.4 Å². The van der Waals surface area contributed by atoms with Crippen molar-refractivity contribution in [2.45, 2.75) is 6.92 Å². The van der Waals surface area contributed by atoms with E-state index in [1.807, 2.05) is 41.8 Å². The number of rotatable bonds is 4. The van der Waals surface area contributed by atoms with Crippen molar-refractivity contribution in [3.8, 4) is 6.19 Å². The lowest BCUT2D eigenvalue weighted by molar-refractivity contribution is -0.138. The molecule has 0 saturated heterocycles. The fourth-order valence-corrected chi connectivity index (χ4v) is 3.71. The number of carbonyl (C=O) groups is 1. The molecule has 0 spiro atoms. The zero-order valence-corrected chi connectivity index (χ0v) is 14.8. The number of ether oxygens (including phenoxy) is 1. The van der Waals surface area contributed by atoms with Gasteiger partial charge in [-0.15, -0.1) is 21.1 Å². The highest BCUT2D eigenvalue weighted by Gasteiger charge is 2.47. The number of nitriles is 1. The first-order valence-electron chi connectivity index (χ1n) is 8.09. The van der Waals surface area contributed by atoms with Crippen LogP contribution in [0.3, 0.4) is 0 Å². The molecular weight excluding hydrogens is 348 g/mol. The van der Waals surface area contributed by atoms with Crippen molar-refractivity contribution in [2.75, 3.05) is 11.9 Å². The van der Waals surface area contributed by atoms with Gasteiger partial charge in [-0.05, 0) is 42.6 Å². The van der Waals surface area contributed by atoms with Gasteiger partial charge < -0.3 is 10.1 Å². The first kappa shape index (κ1) is 16.3. The molecule has 0 aliphatic carbocycles. The first-order valence-corrected chi connectivity index (χ1v) is 8.97. The fraction of sp³-hybridized carbons (Fsp3) is 0.105. The quantitative estimate of drug-likeness (QED) is 0.504. The average Bonchev–Trinajstić information content (AvgIpc) is 3.29. The van der Waals surface area contributed by atoms with Crippen LogP contribution in [0.1, 0.15) is 12.5 Å². The molecule has 1 aromatic carbocycles. The van der Waals surface area contributed by atoms with Crippen molar-refractivity contribution in [3.63, 3.8) is 0 Å². The first-order chi connectivity index (χ1) is 12.7. The third-order valence-corrected chi connectivity index (χ3v) is 4.95. The molecule has 2 aromatic rings. The molecule has 2 aliphatic heterocycles. The molecule has 26 heavy (non-hydrogen) atoms. The normalized spacial score (nSPS) is 19.7. The Morgan fingerprint density at radius 1 is 1.35 bits per heavy atom. The maximum Gasteiger partial charge on any atom is 0.362 e. The van der Waals surface area contributed by atoms with E-state index in [2.05, 4.69) is 16.5 Å². The minimum Gasteiger partial charge on any atom is -0.461 e. The lowest BCUT2D eigenvalue weighted by atomic mass is 10.0. The Balaban J connectivity index is 1.87. The highest BCUT2D eigenvalue weighted by Crippen LogP contribution is 2.44. The lowest BCUT2D eigenvalue weighted by Gasteiger charge is -2.27. The van der Waals surface area contributed by atoms with Gasteiger partial charge in [0.25, 0.3) is 5.84 Å². The Morgan fingerprint density at radius 2 is 2.23 bits per heavy atom. The molecule has 1 aromatic heterocycles. The van der Waals surface area contributed by atoms with Crippen molar-refractivity contribution >= 4 is 45.6 Å². The molecule has 4 rings (SSSR count). The van der Waals surface area contributed by atoms with Gasteiger partial charge in [-0.1, -0.05) is 6.07 Å². The van der Waals surface area contributed by atoms with Crippen LogP contribution in [0.15, 0.2) is 58.7 Å². The van der Waals surface area contributed by atoms with Gasteiger partial charge in [0.2, 0.25) is 5.70 Å². The van der Waals surface area contributed by atoms with Crippen molar-refractivity contribution < 1.29 is 9.53 Å². The summed E-state index contributed by atoms with van der Waals surface area (Å²) in [7, 11) is 0. The van der Waals surface area contributed by atoms with Gasteiger partial charge in [0.05, 0.1) is 11.6 Å². The number of benzene rings is 1. The molecular formula is C19H15N4O2S+. The number of anilines is 2. The summed E-state index contributed by atoms with van der Waals surface area (Å²) in [4.78, 5) is 16.5. The minimum atomic E-state index is -0.527. The van der Waals surface area contributed by atoms with E-state index in [1.165, 1.54) is 0 Å². The zero-order chi connectivity index (χ0) is 18.1. The summed E-state index contributed by atoms with van der Waals surface area (Å²) in [6.45, 7) is 1.99. The van der Waals surface area contributed by atoms with Crippen molar-refractivity contribution in [1.82, 2.24) is 4.48 Å². The number of hydrogen-bond donors (Lipinski definition) is 1. The number of amidine groups is 1. The minimum absolute atomic E-state index is 0.145. The zero-order valence-electron chi connectivity index (χ0n) is 14.0. The van der Waals surface area contributed by atoms with Gasteiger partial charge in [0, 0.05) is 11.6 Å². The van der Waals surface area contributed by atoms with Crippen LogP contribution in [0, 0.1) is 11.5 Å². The molecule has 6 nitrogen and oxygen atoms in total. The number of carbonyl (C=O) groups excluding carboxylic acids is 1. The van der Waals surface area contributed by atoms with Crippen LogP contribution >= 0.6 is 11.3 Å². The molecule has 2 aliphatic rings. The van der Waals surface area contributed by atoms with Crippen LogP contribution in [-0.4, -0.2) is 18.4 Å². The van der Waals surface area contributed by atoms with E-state index in [-0.39, 0.29) is 16.8 Å². The summed E-state index contributed by atoms with van der Waals surface area (Å²) in [5.41, 5.74) is 2.58. The molecule has 0 radical (unpaired) electrons. The molecule has 0 saturated carbocycles. The summed E-state index contributed by atoms with van der Waals surface area (Å²) in [6, 6.07) is 9.72. The molecule has 1 N–H and O–H groups in total. The van der Waals surface area contributed by atoms with E-state index in [0.29, 0.717) is 5.84 Å². The molecule has 0 fully saturated rings.